The number of hydrogen-bond donors (Lipinski definition) is 2. The molecule has 1 saturated heterocycles. The second-order valence-electron chi connectivity index (χ2n) is 6.99. The van der Waals surface area contributed by atoms with E-state index in [1.54, 1.807) is 22.8 Å². The molecule has 2 aromatic carbocycles. The molecule has 6 nitrogen and oxygen atoms in total. The molecule has 0 amide bonds. The number of nitrogens with zero attached hydrogens (tertiary/aromatic N) is 2. The smallest absolute Gasteiger partial charge is 0.341 e. The Hall–Kier alpha value is -2.90. The van der Waals surface area contributed by atoms with Crippen molar-refractivity contribution in [3.8, 4) is 0 Å². The first-order valence-electron chi connectivity index (χ1n) is 9.24. The Balaban J connectivity index is 1.90. The molecule has 0 unspecified atom stereocenters. The maximum absolute atomic E-state index is 14.8. The van der Waals surface area contributed by atoms with Crippen LogP contribution >= 0.6 is 11.6 Å². The van der Waals surface area contributed by atoms with E-state index in [-0.39, 0.29) is 10.9 Å². The summed E-state index contributed by atoms with van der Waals surface area (Å²) in [5.41, 5.74) is 0.700. The summed E-state index contributed by atoms with van der Waals surface area (Å²) in [6, 6.07) is 9.93. The normalized spacial score (nSPS) is 14.3. The van der Waals surface area contributed by atoms with E-state index >= 15 is 0 Å². The molecule has 1 aromatic heterocycles. The molecule has 0 saturated carbocycles. The van der Waals surface area contributed by atoms with Crippen LogP contribution in [0.25, 0.3) is 10.9 Å². The van der Waals surface area contributed by atoms with E-state index in [9.17, 15) is 19.1 Å². The van der Waals surface area contributed by atoms with Crippen molar-refractivity contribution in [2.45, 2.75) is 6.54 Å². The van der Waals surface area contributed by atoms with Gasteiger partial charge in [-0.05, 0) is 29.8 Å². The van der Waals surface area contributed by atoms with Crippen molar-refractivity contribution in [1.82, 2.24) is 9.88 Å². The lowest BCUT2D eigenvalue weighted by molar-refractivity contribution is 0.0695. The summed E-state index contributed by atoms with van der Waals surface area (Å²) in [5, 5.41) is 13.3. The highest BCUT2D eigenvalue weighted by Gasteiger charge is 2.20. The lowest BCUT2D eigenvalue weighted by Crippen LogP contribution is -2.43. The summed E-state index contributed by atoms with van der Waals surface area (Å²) < 4.78 is 16.5. The molecule has 3 aromatic rings. The van der Waals surface area contributed by atoms with E-state index in [1.165, 1.54) is 6.20 Å². The van der Waals surface area contributed by atoms with Crippen molar-refractivity contribution >= 4 is 34.2 Å². The first kappa shape index (κ1) is 19.4. The minimum absolute atomic E-state index is 0.0512. The van der Waals surface area contributed by atoms with Crippen molar-refractivity contribution in [1.29, 1.82) is 0 Å². The van der Waals surface area contributed by atoms with Crippen LogP contribution in [0, 0.1) is 5.82 Å². The van der Waals surface area contributed by atoms with Gasteiger partial charge >= 0.3 is 5.97 Å². The summed E-state index contributed by atoms with van der Waals surface area (Å²) in [5.74, 6) is -1.87. The molecule has 4 rings (SSSR count). The number of rotatable bonds is 4. The van der Waals surface area contributed by atoms with Crippen molar-refractivity contribution in [3.63, 3.8) is 0 Å². The molecule has 1 fully saturated rings. The first-order valence-corrected chi connectivity index (χ1v) is 9.62. The SMILES string of the molecule is O=C(O)c1cn(Cc2ccc(Cl)cc2)c2cc(N3CCNCC3)c(F)cc2c1=O. The largest absolute Gasteiger partial charge is 0.477 e. The van der Waals surface area contributed by atoms with Gasteiger partial charge in [-0.25, -0.2) is 9.18 Å². The van der Waals surface area contributed by atoms with Crippen molar-refractivity contribution in [2.24, 2.45) is 0 Å². The Labute approximate surface area is 171 Å². The number of benzene rings is 2. The zero-order chi connectivity index (χ0) is 20.5. The van der Waals surface area contributed by atoms with E-state index < -0.39 is 17.2 Å². The summed E-state index contributed by atoms with van der Waals surface area (Å²) >= 11 is 5.94. The fourth-order valence-corrected chi connectivity index (χ4v) is 3.74. The van der Waals surface area contributed by atoms with E-state index in [2.05, 4.69) is 5.32 Å². The van der Waals surface area contributed by atoms with Crippen LogP contribution in [0.5, 0.6) is 0 Å². The Bertz CT molecular complexity index is 1140. The van der Waals surface area contributed by atoms with Crippen LogP contribution in [0.3, 0.4) is 0 Å². The highest BCUT2D eigenvalue weighted by Crippen LogP contribution is 2.26. The van der Waals surface area contributed by atoms with Crippen molar-refractivity contribution in [2.75, 3.05) is 31.1 Å². The van der Waals surface area contributed by atoms with Crippen LogP contribution < -0.4 is 15.6 Å². The van der Waals surface area contributed by atoms with Gasteiger partial charge < -0.3 is 19.9 Å². The third-order valence-electron chi connectivity index (χ3n) is 5.10. The number of fused-ring (bicyclic) bond motifs is 1. The molecule has 0 atom stereocenters. The third-order valence-corrected chi connectivity index (χ3v) is 5.36. The summed E-state index contributed by atoms with van der Waals surface area (Å²) in [6.45, 7) is 3.11. The predicted molar refractivity (Wildman–Crippen MR) is 111 cm³/mol. The molecule has 0 aliphatic carbocycles. The second-order valence-corrected chi connectivity index (χ2v) is 7.43. The standard InChI is InChI=1S/C21H19ClFN3O3/c22-14-3-1-13(2-4-14)11-26-12-16(21(28)29)20(27)15-9-17(23)19(10-18(15)26)25-7-5-24-6-8-25/h1-4,9-10,12,24H,5-8,11H2,(H,28,29). The molecule has 2 heterocycles. The minimum atomic E-state index is -1.34. The fraction of sp³-hybridized carbons (Fsp3) is 0.238. The number of halogens is 2. The summed E-state index contributed by atoms with van der Waals surface area (Å²) in [4.78, 5) is 26.2. The lowest BCUT2D eigenvalue weighted by atomic mass is 10.1. The Morgan fingerprint density at radius 3 is 2.52 bits per heavy atom. The van der Waals surface area contributed by atoms with Crippen LogP contribution in [0.2, 0.25) is 5.02 Å². The summed E-state index contributed by atoms with van der Waals surface area (Å²) in [7, 11) is 0. The molecule has 8 heteroatoms. The Morgan fingerprint density at radius 2 is 1.86 bits per heavy atom. The molecule has 150 valence electrons. The van der Waals surface area contributed by atoms with Gasteiger partial charge in [-0.1, -0.05) is 23.7 Å². The van der Waals surface area contributed by atoms with Gasteiger partial charge in [-0.2, -0.15) is 0 Å². The zero-order valence-electron chi connectivity index (χ0n) is 15.5. The summed E-state index contributed by atoms with van der Waals surface area (Å²) in [6.07, 6.45) is 1.32. The zero-order valence-corrected chi connectivity index (χ0v) is 16.2. The van der Waals surface area contributed by atoms with Gasteiger partial charge in [0.2, 0.25) is 5.43 Å². The molecule has 2 N–H and O–H groups in total. The number of piperazine rings is 1. The maximum Gasteiger partial charge on any atom is 0.341 e. The molecule has 29 heavy (non-hydrogen) atoms. The average molecular weight is 416 g/mol. The second kappa shape index (κ2) is 7.85. The van der Waals surface area contributed by atoms with Gasteiger partial charge in [0.15, 0.2) is 0 Å². The highest BCUT2D eigenvalue weighted by molar-refractivity contribution is 6.30. The predicted octanol–water partition coefficient (Wildman–Crippen LogP) is 2.95. The number of carbonyl (C=O) groups is 1. The molecule has 1 aliphatic rings. The number of aromatic carboxylic acids is 1. The van der Waals surface area contributed by atoms with Crippen LogP contribution in [0.4, 0.5) is 10.1 Å². The monoisotopic (exact) mass is 415 g/mol. The van der Waals surface area contributed by atoms with E-state index in [4.69, 9.17) is 11.6 Å². The topological polar surface area (TPSA) is 74.6 Å². The number of hydrogen-bond acceptors (Lipinski definition) is 4. The van der Waals surface area contributed by atoms with E-state index in [0.29, 0.717) is 35.9 Å². The lowest BCUT2D eigenvalue weighted by Gasteiger charge is -2.30. The van der Waals surface area contributed by atoms with Crippen molar-refractivity contribution in [3.05, 3.63) is 74.8 Å². The number of carboxylic acid groups (broad SMARTS) is 1. The highest BCUT2D eigenvalue weighted by atomic mass is 35.5. The number of pyridine rings is 1. The van der Waals surface area contributed by atoms with Gasteiger partial charge in [0, 0.05) is 49.3 Å². The first-order chi connectivity index (χ1) is 13.9. The van der Waals surface area contributed by atoms with Gasteiger partial charge in [0.05, 0.1) is 11.2 Å². The molecule has 0 spiro atoms. The molecule has 0 bridgehead atoms. The average Bonchev–Trinajstić information content (AvgIpc) is 2.72. The number of anilines is 1. The fourth-order valence-electron chi connectivity index (χ4n) is 3.62. The van der Waals surface area contributed by atoms with Crippen LogP contribution in [0.1, 0.15) is 15.9 Å². The van der Waals surface area contributed by atoms with Crippen LogP contribution in [0.15, 0.2) is 47.4 Å². The van der Waals surface area contributed by atoms with E-state index in [1.807, 2.05) is 17.0 Å². The Kier molecular flexibility index (Phi) is 5.25. The maximum atomic E-state index is 14.8. The molecular formula is C21H19ClFN3O3. The molecule has 0 radical (unpaired) electrons. The number of carboxylic acids is 1. The van der Waals surface area contributed by atoms with Gasteiger partial charge in [-0.15, -0.1) is 0 Å². The molecular weight excluding hydrogens is 397 g/mol. The van der Waals surface area contributed by atoms with Gasteiger partial charge in [0.25, 0.3) is 0 Å². The van der Waals surface area contributed by atoms with Crippen LogP contribution in [-0.4, -0.2) is 41.8 Å². The number of aromatic nitrogens is 1. The quantitative estimate of drug-likeness (QED) is 0.685. The molecule has 1 aliphatic heterocycles. The Morgan fingerprint density at radius 1 is 1.17 bits per heavy atom. The minimum Gasteiger partial charge on any atom is -0.477 e. The number of nitrogens with one attached hydrogen (secondary N) is 1. The van der Waals surface area contributed by atoms with Gasteiger partial charge in [-0.3, -0.25) is 4.79 Å². The third kappa shape index (κ3) is 3.83. The van der Waals surface area contributed by atoms with Crippen LogP contribution in [-0.2, 0) is 6.54 Å². The van der Waals surface area contributed by atoms with E-state index in [0.717, 1.165) is 24.7 Å². The van der Waals surface area contributed by atoms with Crippen molar-refractivity contribution < 1.29 is 14.3 Å². The van der Waals surface area contributed by atoms with Gasteiger partial charge in [0.1, 0.15) is 11.4 Å².